The molecule has 2 unspecified atom stereocenters. The van der Waals surface area contributed by atoms with Gasteiger partial charge in [0.25, 0.3) is 0 Å². The van der Waals surface area contributed by atoms with E-state index in [1.807, 2.05) is 30.8 Å². The van der Waals surface area contributed by atoms with E-state index in [4.69, 9.17) is 34.8 Å². The minimum atomic E-state index is -0.133. The number of aromatic nitrogens is 2. The van der Waals surface area contributed by atoms with Crippen LogP contribution in [0.1, 0.15) is 37.0 Å². The Labute approximate surface area is 137 Å². The number of thioether (sulfide) groups is 1. The molecule has 108 valence electrons. The minimum Gasteiger partial charge on any atom is -0.323 e. The van der Waals surface area contributed by atoms with Gasteiger partial charge in [0.1, 0.15) is 5.82 Å². The summed E-state index contributed by atoms with van der Waals surface area (Å²) < 4.78 is 2.27. The van der Waals surface area contributed by atoms with E-state index in [2.05, 4.69) is 9.55 Å². The smallest absolute Gasteiger partial charge is 0.128 e. The van der Waals surface area contributed by atoms with Crippen molar-refractivity contribution in [1.82, 2.24) is 9.55 Å². The number of fused-ring (bicyclic) bond motifs is 1. The van der Waals surface area contributed by atoms with Gasteiger partial charge in [-0.3, -0.25) is 0 Å². The van der Waals surface area contributed by atoms with Gasteiger partial charge in [-0.05, 0) is 37.7 Å². The fourth-order valence-electron chi connectivity index (χ4n) is 2.70. The second-order valence-electron chi connectivity index (χ2n) is 5.08. The molecule has 2 aromatic rings. The van der Waals surface area contributed by atoms with Crippen molar-refractivity contribution in [2.45, 2.75) is 31.2 Å². The Bertz CT molecular complexity index is 633. The molecule has 3 rings (SSSR count). The quantitative estimate of drug-likeness (QED) is 0.646. The van der Waals surface area contributed by atoms with Crippen LogP contribution in [0.25, 0.3) is 11.0 Å². The Kier molecular flexibility index (Phi) is 4.42. The molecular weight excluding hydrogens is 335 g/mol. The molecule has 1 saturated heterocycles. The molecule has 0 N–H and O–H groups in total. The van der Waals surface area contributed by atoms with Gasteiger partial charge in [-0.15, -0.1) is 11.6 Å². The molecular formula is C14H15Cl3N2S. The van der Waals surface area contributed by atoms with Gasteiger partial charge in [-0.25, -0.2) is 4.98 Å². The van der Waals surface area contributed by atoms with Crippen LogP contribution in [0.15, 0.2) is 12.1 Å². The number of nitrogens with zero attached hydrogens (tertiary/aromatic N) is 2. The topological polar surface area (TPSA) is 17.8 Å². The van der Waals surface area contributed by atoms with E-state index in [9.17, 15) is 0 Å². The standard InChI is InChI=1S/C14H15Cl3N2S/c1-8(15)14-18-12-5-10(16)11(17)6-13(12)19(14)9-3-2-4-20-7-9/h5-6,8-9H,2-4,7H2,1H3. The van der Waals surface area contributed by atoms with E-state index < -0.39 is 0 Å². The highest BCUT2D eigenvalue weighted by Crippen LogP contribution is 2.36. The van der Waals surface area contributed by atoms with E-state index >= 15 is 0 Å². The van der Waals surface area contributed by atoms with Crippen LogP contribution in [-0.2, 0) is 0 Å². The minimum absolute atomic E-state index is 0.133. The maximum absolute atomic E-state index is 6.32. The number of hydrogen-bond acceptors (Lipinski definition) is 2. The fourth-order valence-corrected chi connectivity index (χ4v) is 4.30. The molecule has 1 aliphatic heterocycles. The monoisotopic (exact) mass is 348 g/mol. The average molecular weight is 350 g/mol. The second kappa shape index (κ2) is 5.96. The summed E-state index contributed by atoms with van der Waals surface area (Å²) in [5, 5.41) is 0.972. The molecule has 1 aromatic heterocycles. The molecule has 0 aliphatic carbocycles. The number of rotatable bonds is 2. The van der Waals surface area contributed by atoms with E-state index in [0.717, 1.165) is 29.0 Å². The van der Waals surface area contributed by atoms with Crippen molar-refractivity contribution in [2.24, 2.45) is 0 Å². The maximum Gasteiger partial charge on any atom is 0.128 e. The first kappa shape index (κ1) is 14.8. The Hall–Kier alpha value is -0.0900. The summed E-state index contributed by atoms with van der Waals surface area (Å²) in [6.07, 6.45) is 2.39. The first-order chi connectivity index (χ1) is 9.58. The third kappa shape index (κ3) is 2.66. The number of benzene rings is 1. The van der Waals surface area contributed by atoms with Crippen molar-refractivity contribution in [3.8, 4) is 0 Å². The summed E-state index contributed by atoms with van der Waals surface area (Å²) in [5.74, 6) is 3.25. The molecule has 6 heteroatoms. The number of imidazole rings is 1. The molecule has 0 bridgehead atoms. The van der Waals surface area contributed by atoms with Crippen molar-refractivity contribution < 1.29 is 0 Å². The van der Waals surface area contributed by atoms with Gasteiger partial charge in [0.15, 0.2) is 0 Å². The molecule has 20 heavy (non-hydrogen) atoms. The van der Waals surface area contributed by atoms with Gasteiger partial charge in [0, 0.05) is 11.8 Å². The Morgan fingerprint density at radius 2 is 2.10 bits per heavy atom. The van der Waals surface area contributed by atoms with Gasteiger partial charge in [-0.2, -0.15) is 11.8 Å². The molecule has 2 nitrogen and oxygen atoms in total. The van der Waals surface area contributed by atoms with Crippen LogP contribution in [0.5, 0.6) is 0 Å². The SMILES string of the molecule is CC(Cl)c1nc2cc(Cl)c(Cl)cc2n1C1CCCSC1. The summed E-state index contributed by atoms with van der Waals surface area (Å²) >= 11 is 20.6. The van der Waals surface area contributed by atoms with E-state index in [-0.39, 0.29) is 5.38 Å². The third-order valence-electron chi connectivity index (χ3n) is 3.62. The lowest BCUT2D eigenvalue weighted by Gasteiger charge is -2.25. The zero-order valence-corrected chi connectivity index (χ0v) is 14.2. The maximum atomic E-state index is 6.32. The summed E-state index contributed by atoms with van der Waals surface area (Å²) in [7, 11) is 0. The lowest BCUT2D eigenvalue weighted by atomic mass is 10.1. The third-order valence-corrected chi connectivity index (χ3v) is 5.73. The van der Waals surface area contributed by atoms with E-state index in [1.165, 1.54) is 12.2 Å². The normalized spacial score (nSPS) is 21.3. The molecule has 2 atom stereocenters. The highest BCUT2D eigenvalue weighted by molar-refractivity contribution is 7.99. The number of halogens is 3. The predicted molar refractivity (Wildman–Crippen MR) is 89.6 cm³/mol. The summed E-state index contributed by atoms with van der Waals surface area (Å²) in [4.78, 5) is 4.67. The Morgan fingerprint density at radius 3 is 2.75 bits per heavy atom. The molecule has 1 aromatic carbocycles. The van der Waals surface area contributed by atoms with Gasteiger partial charge in [-0.1, -0.05) is 23.2 Å². The highest BCUT2D eigenvalue weighted by Gasteiger charge is 2.24. The van der Waals surface area contributed by atoms with E-state index in [0.29, 0.717) is 16.1 Å². The first-order valence-corrected chi connectivity index (χ1v) is 9.01. The van der Waals surface area contributed by atoms with Crippen LogP contribution in [0.4, 0.5) is 0 Å². The summed E-state index contributed by atoms with van der Waals surface area (Å²) in [6, 6.07) is 4.18. The summed E-state index contributed by atoms with van der Waals surface area (Å²) in [6.45, 7) is 1.96. The molecule has 2 heterocycles. The fraction of sp³-hybridized carbons (Fsp3) is 0.500. The van der Waals surface area contributed by atoms with Crippen molar-refractivity contribution in [3.05, 3.63) is 28.0 Å². The molecule has 0 spiro atoms. The van der Waals surface area contributed by atoms with Gasteiger partial charge in [0.2, 0.25) is 0 Å². The second-order valence-corrected chi connectivity index (χ2v) is 7.70. The largest absolute Gasteiger partial charge is 0.323 e. The lowest BCUT2D eigenvalue weighted by molar-refractivity contribution is 0.493. The number of hydrogen-bond donors (Lipinski definition) is 0. The zero-order chi connectivity index (χ0) is 14.3. The molecule has 1 aliphatic rings. The van der Waals surface area contributed by atoms with Crippen LogP contribution >= 0.6 is 46.6 Å². The van der Waals surface area contributed by atoms with Crippen LogP contribution in [0.3, 0.4) is 0 Å². The van der Waals surface area contributed by atoms with Gasteiger partial charge < -0.3 is 4.57 Å². The average Bonchev–Trinajstić information content (AvgIpc) is 2.79. The van der Waals surface area contributed by atoms with Crippen molar-refractivity contribution in [3.63, 3.8) is 0 Å². The molecule has 1 fully saturated rings. The van der Waals surface area contributed by atoms with Crippen LogP contribution in [0, 0.1) is 0 Å². The van der Waals surface area contributed by atoms with Crippen molar-refractivity contribution in [1.29, 1.82) is 0 Å². The van der Waals surface area contributed by atoms with E-state index in [1.54, 1.807) is 0 Å². The predicted octanol–water partition coefficient (Wildman–Crippen LogP) is 5.71. The van der Waals surface area contributed by atoms with Crippen molar-refractivity contribution in [2.75, 3.05) is 11.5 Å². The molecule has 0 saturated carbocycles. The lowest BCUT2D eigenvalue weighted by Crippen LogP contribution is -2.18. The summed E-state index contributed by atoms with van der Waals surface area (Å²) in [5.41, 5.74) is 1.91. The molecule has 0 amide bonds. The van der Waals surface area contributed by atoms with Crippen LogP contribution < -0.4 is 0 Å². The van der Waals surface area contributed by atoms with Crippen LogP contribution in [-0.4, -0.2) is 21.1 Å². The van der Waals surface area contributed by atoms with Gasteiger partial charge in [0.05, 0.1) is 26.5 Å². The van der Waals surface area contributed by atoms with Crippen LogP contribution in [0.2, 0.25) is 10.0 Å². The molecule has 0 radical (unpaired) electrons. The van der Waals surface area contributed by atoms with Gasteiger partial charge >= 0.3 is 0 Å². The number of alkyl halides is 1. The highest BCUT2D eigenvalue weighted by atomic mass is 35.5. The zero-order valence-electron chi connectivity index (χ0n) is 11.1. The Balaban J connectivity index is 2.20. The van der Waals surface area contributed by atoms with Crippen molar-refractivity contribution >= 4 is 57.6 Å². The first-order valence-electron chi connectivity index (χ1n) is 6.66. The Morgan fingerprint density at radius 1 is 1.35 bits per heavy atom.